The van der Waals surface area contributed by atoms with Crippen molar-refractivity contribution in [3.05, 3.63) is 63.8 Å². The fourth-order valence-corrected chi connectivity index (χ4v) is 4.49. The summed E-state index contributed by atoms with van der Waals surface area (Å²) in [6.07, 6.45) is 0. The lowest BCUT2D eigenvalue weighted by atomic mass is 10.2. The van der Waals surface area contributed by atoms with Gasteiger partial charge in [0.2, 0.25) is 5.91 Å². The highest BCUT2D eigenvalue weighted by molar-refractivity contribution is 9.10. The van der Waals surface area contributed by atoms with E-state index in [2.05, 4.69) is 38.9 Å². The maximum absolute atomic E-state index is 15.3. The number of hydrogen-bond donors (Lipinski definition) is 3. The molecule has 1 saturated heterocycles. The molecule has 30 heavy (non-hydrogen) atoms. The monoisotopic (exact) mass is 507 g/mol. The van der Waals surface area contributed by atoms with Crippen molar-refractivity contribution in [1.82, 2.24) is 10.3 Å². The Labute approximate surface area is 189 Å². The van der Waals surface area contributed by atoms with Crippen LogP contribution >= 0.6 is 39.9 Å². The minimum Gasteiger partial charge on any atom is -0.364 e. The molecule has 2 heterocycles. The van der Waals surface area contributed by atoms with Crippen LogP contribution in [0.3, 0.4) is 0 Å². The molecule has 7 nitrogen and oxygen atoms in total. The Hall–Kier alpha value is -2.47. The summed E-state index contributed by atoms with van der Waals surface area (Å²) in [4.78, 5) is 30.8. The number of thiol groups is 1. The maximum atomic E-state index is 15.3. The number of aromatic nitrogens is 1. The summed E-state index contributed by atoms with van der Waals surface area (Å²) in [5.74, 6) is -1.42. The van der Waals surface area contributed by atoms with E-state index in [1.54, 1.807) is 29.2 Å². The predicted molar refractivity (Wildman–Crippen MR) is 121 cm³/mol. The van der Waals surface area contributed by atoms with Crippen molar-refractivity contribution in [3.63, 3.8) is 0 Å². The molecule has 0 saturated carbocycles. The molecule has 2 amide bonds. The third-order valence-corrected chi connectivity index (χ3v) is 6.19. The van der Waals surface area contributed by atoms with E-state index in [4.69, 9.17) is 5.73 Å². The van der Waals surface area contributed by atoms with Crippen LogP contribution in [0.5, 0.6) is 0 Å². The van der Waals surface area contributed by atoms with Gasteiger partial charge in [0.1, 0.15) is 17.0 Å². The molecule has 1 fully saturated rings. The number of hydrogen-bond acceptors (Lipinski definition) is 7. The molecule has 154 valence electrons. The van der Waals surface area contributed by atoms with Crippen LogP contribution in [-0.2, 0) is 4.79 Å². The zero-order valence-corrected chi connectivity index (χ0v) is 18.5. The van der Waals surface area contributed by atoms with Crippen LogP contribution in [0.15, 0.2) is 52.3 Å². The number of carbonyl (C=O) groups is 2. The largest absolute Gasteiger partial charge is 0.364 e. The number of nitrogens with zero attached hydrogens (tertiary/aromatic N) is 3. The molecular formula is C19H15BrFN5O2S2. The number of rotatable bonds is 5. The average molecular weight is 508 g/mol. The van der Waals surface area contributed by atoms with Gasteiger partial charge in [0, 0.05) is 21.2 Å². The number of thiazole rings is 1. The lowest BCUT2D eigenvalue weighted by Gasteiger charge is -2.25. The fraction of sp³-hybridized carbons (Fsp3) is 0.105. The molecule has 2 aromatic carbocycles. The number of primary amides is 1. The van der Waals surface area contributed by atoms with E-state index in [-0.39, 0.29) is 23.8 Å². The van der Waals surface area contributed by atoms with Crippen LogP contribution < -0.4 is 20.9 Å². The zero-order valence-electron chi connectivity index (χ0n) is 15.3. The van der Waals surface area contributed by atoms with Gasteiger partial charge in [-0.3, -0.25) is 24.7 Å². The lowest BCUT2D eigenvalue weighted by molar-refractivity contribution is -0.116. The molecule has 0 spiro atoms. The number of nitrogens with two attached hydrogens (primary N) is 1. The molecular weight excluding hydrogens is 493 g/mol. The summed E-state index contributed by atoms with van der Waals surface area (Å²) < 4.78 is 16.1. The number of halogens is 2. The molecule has 3 aromatic rings. The van der Waals surface area contributed by atoms with Gasteiger partial charge < -0.3 is 5.73 Å². The van der Waals surface area contributed by atoms with E-state index in [0.717, 1.165) is 4.47 Å². The van der Waals surface area contributed by atoms with Crippen molar-refractivity contribution in [1.29, 1.82) is 0 Å². The number of anilines is 4. The molecule has 1 aromatic heterocycles. The van der Waals surface area contributed by atoms with Crippen molar-refractivity contribution in [2.24, 2.45) is 5.73 Å². The summed E-state index contributed by atoms with van der Waals surface area (Å²) in [6, 6.07) is 11.7. The van der Waals surface area contributed by atoms with Crippen LogP contribution in [0, 0.1) is 5.82 Å². The van der Waals surface area contributed by atoms with E-state index in [1.807, 2.05) is 12.1 Å². The van der Waals surface area contributed by atoms with Crippen molar-refractivity contribution in [3.8, 4) is 0 Å². The van der Waals surface area contributed by atoms with Crippen LogP contribution in [0.25, 0.3) is 0 Å². The zero-order chi connectivity index (χ0) is 21.4. The molecule has 0 bridgehead atoms. The molecule has 0 aliphatic carbocycles. The number of nitrogens with one attached hydrogen (secondary N) is 1. The van der Waals surface area contributed by atoms with Crippen molar-refractivity contribution < 1.29 is 14.0 Å². The summed E-state index contributed by atoms with van der Waals surface area (Å²) in [5.41, 5.74) is 6.14. The van der Waals surface area contributed by atoms with E-state index in [1.165, 1.54) is 27.7 Å². The van der Waals surface area contributed by atoms with Gasteiger partial charge in [-0.1, -0.05) is 15.9 Å². The smallest absolute Gasteiger partial charge is 0.268 e. The summed E-state index contributed by atoms with van der Waals surface area (Å²) in [5, 5.41) is 4.80. The average Bonchev–Trinajstić information content (AvgIpc) is 3.32. The molecule has 1 unspecified atom stereocenters. The van der Waals surface area contributed by atoms with Gasteiger partial charge in [-0.05, 0) is 42.5 Å². The van der Waals surface area contributed by atoms with Gasteiger partial charge in [0.15, 0.2) is 5.13 Å². The second kappa shape index (κ2) is 8.34. The Bertz CT molecular complexity index is 1120. The highest BCUT2D eigenvalue weighted by Gasteiger charge is 2.30. The van der Waals surface area contributed by atoms with Crippen LogP contribution in [0.1, 0.15) is 10.5 Å². The van der Waals surface area contributed by atoms with Crippen molar-refractivity contribution in [2.75, 3.05) is 16.3 Å². The molecule has 0 radical (unpaired) electrons. The standard InChI is InChI=1S/C19H15BrFN5O2S2/c20-10-1-3-11(4-2-10)25(19-24-14(9-30-19)17(22)28)15-6-5-12(7-13(15)21)26-16(27)8-23-18(26)29/h1-7,9,18,23,29H,8H2,(H2,22,28). The highest BCUT2D eigenvalue weighted by Crippen LogP contribution is 2.39. The molecule has 1 atom stereocenters. The second-order valence-electron chi connectivity index (χ2n) is 6.35. The van der Waals surface area contributed by atoms with Gasteiger partial charge >= 0.3 is 0 Å². The number of amides is 2. The summed E-state index contributed by atoms with van der Waals surface area (Å²) in [7, 11) is 0. The van der Waals surface area contributed by atoms with Gasteiger partial charge in [-0.15, -0.1) is 24.0 Å². The predicted octanol–water partition coefficient (Wildman–Crippen LogP) is 3.76. The quantitative estimate of drug-likeness (QED) is 0.457. The van der Waals surface area contributed by atoms with Gasteiger partial charge in [-0.25, -0.2) is 9.37 Å². The SMILES string of the molecule is NC(=O)c1csc(N(c2ccc(Br)cc2)c2ccc(N3C(=O)CNC3S)cc2F)n1. The third kappa shape index (κ3) is 3.93. The third-order valence-electron chi connectivity index (χ3n) is 4.42. The topological polar surface area (TPSA) is 91.6 Å². The Morgan fingerprint density at radius 3 is 2.63 bits per heavy atom. The van der Waals surface area contributed by atoms with Gasteiger partial charge in [-0.2, -0.15) is 0 Å². The summed E-state index contributed by atoms with van der Waals surface area (Å²) in [6.45, 7) is 0.136. The van der Waals surface area contributed by atoms with E-state index in [0.29, 0.717) is 16.5 Å². The Morgan fingerprint density at radius 2 is 2.07 bits per heavy atom. The minimum atomic E-state index is -0.663. The van der Waals surface area contributed by atoms with E-state index < -0.39 is 17.2 Å². The molecule has 11 heteroatoms. The maximum Gasteiger partial charge on any atom is 0.268 e. The first-order chi connectivity index (χ1) is 14.3. The minimum absolute atomic E-state index is 0.0980. The van der Waals surface area contributed by atoms with E-state index >= 15 is 4.39 Å². The van der Waals surface area contributed by atoms with Crippen LogP contribution in [0.4, 0.5) is 26.6 Å². The molecule has 1 aliphatic rings. The van der Waals surface area contributed by atoms with Crippen LogP contribution in [-0.4, -0.2) is 28.8 Å². The van der Waals surface area contributed by atoms with Crippen molar-refractivity contribution >= 4 is 73.9 Å². The molecule has 3 N–H and O–H groups in total. The Kier molecular flexibility index (Phi) is 5.78. The first kappa shape index (κ1) is 20.8. The number of benzene rings is 2. The van der Waals surface area contributed by atoms with Crippen LogP contribution in [0.2, 0.25) is 0 Å². The highest BCUT2D eigenvalue weighted by atomic mass is 79.9. The first-order valence-corrected chi connectivity index (χ1v) is 10.9. The Balaban J connectivity index is 1.79. The normalized spacial score (nSPS) is 16.2. The van der Waals surface area contributed by atoms with Gasteiger partial charge in [0.25, 0.3) is 5.91 Å². The Morgan fingerprint density at radius 1 is 1.33 bits per heavy atom. The molecule has 1 aliphatic heterocycles. The van der Waals surface area contributed by atoms with E-state index in [9.17, 15) is 9.59 Å². The first-order valence-electron chi connectivity index (χ1n) is 8.69. The molecule has 4 rings (SSSR count). The second-order valence-corrected chi connectivity index (χ2v) is 8.59. The summed E-state index contributed by atoms with van der Waals surface area (Å²) >= 11 is 8.86. The fourth-order valence-electron chi connectivity index (χ4n) is 3.03. The van der Waals surface area contributed by atoms with Gasteiger partial charge in [0.05, 0.1) is 12.2 Å². The van der Waals surface area contributed by atoms with Crippen molar-refractivity contribution in [2.45, 2.75) is 5.50 Å². The number of carbonyl (C=O) groups excluding carboxylic acids is 2. The lowest BCUT2D eigenvalue weighted by Crippen LogP contribution is -2.32.